The predicted octanol–water partition coefficient (Wildman–Crippen LogP) is 1.61. The second kappa shape index (κ2) is 6.78. The van der Waals surface area contributed by atoms with Gasteiger partial charge >= 0.3 is 6.03 Å². The Morgan fingerprint density at radius 3 is 2.78 bits per heavy atom. The third-order valence-electron chi connectivity index (χ3n) is 3.51. The first kappa shape index (κ1) is 14.8. The zero-order valence-corrected chi connectivity index (χ0v) is 12.8. The topological polar surface area (TPSA) is 76.8 Å². The number of aromatic nitrogens is 4. The summed E-state index contributed by atoms with van der Waals surface area (Å²) >= 11 is 0. The van der Waals surface area contributed by atoms with E-state index in [1.807, 2.05) is 52.8 Å². The van der Waals surface area contributed by atoms with Crippen molar-refractivity contribution in [3.8, 4) is 5.82 Å². The molecular weight excluding hydrogens is 292 g/mol. The van der Waals surface area contributed by atoms with Crippen LogP contribution in [0.5, 0.6) is 0 Å². The van der Waals surface area contributed by atoms with E-state index in [9.17, 15) is 4.79 Å². The van der Waals surface area contributed by atoms with Crippen molar-refractivity contribution < 1.29 is 4.79 Å². The summed E-state index contributed by atoms with van der Waals surface area (Å²) in [5.41, 5.74) is 2.02. The molecule has 3 aromatic rings. The van der Waals surface area contributed by atoms with E-state index in [1.165, 1.54) is 0 Å². The van der Waals surface area contributed by atoms with Gasteiger partial charge in [0.1, 0.15) is 12.1 Å². The van der Waals surface area contributed by atoms with E-state index < -0.39 is 0 Å². The zero-order chi connectivity index (χ0) is 16.1. The molecule has 23 heavy (non-hydrogen) atoms. The molecule has 3 aromatic heterocycles. The lowest BCUT2D eigenvalue weighted by Gasteiger charge is -2.09. The molecule has 3 heterocycles. The van der Waals surface area contributed by atoms with Crippen molar-refractivity contribution in [2.45, 2.75) is 13.1 Å². The number of rotatable bonds is 5. The first-order chi connectivity index (χ1) is 11.2. The third-order valence-corrected chi connectivity index (χ3v) is 3.51. The summed E-state index contributed by atoms with van der Waals surface area (Å²) in [7, 11) is 1.95. The van der Waals surface area contributed by atoms with Crippen LogP contribution in [-0.4, -0.2) is 25.1 Å². The van der Waals surface area contributed by atoms with E-state index in [1.54, 1.807) is 18.7 Å². The van der Waals surface area contributed by atoms with Crippen LogP contribution in [0.4, 0.5) is 4.79 Å². The number of nitrogens with one attached hydrogen (secondary N) is 2. The number of urea groups is 1. The Morgan fingerprint density at radius 1 is 1.17 bits per heavy atom. The number of hydrogen-bond acceptors (Lipinski definition) is 3. The van der Waals surface area contributed by atoms with Crippen molar-refractivity contribution in [1.29, 1.82) is 0 Å². The van der Waals surface area contributed by atoms with Gasteiger partial charge in [-0.3, -0.25) is 4.57 Å². The van der Waals surface area contributed by atoms with E-state index in [0.717, 1.165) is 17.1 Å². The second-order valence-electron chi connectivity index (χ2n) is 5.14. The molecule has 0 radical (unpaired) electrons. The van der Waals surface area contributed by atoms with Crippen LogP contribution in [0, 0.1) is 0 Å². The number of pyridine rings is 1. The smallest absolute Gasteiger partial charge is 0.315 e. The molecule has 0 fully saturated rings. The van der Waals surface area contributed by atoms with Crippen molar-refractivity contribution in [1.82, 2.24) is 29.7 Å². The van der Waals surface area contributed by atoms with E-state index in [0.29, 0.717) is 13.1 Å². The van der Waals surface area contributed by atoms with Crippen LogP contribution in [0.1, 0.15) is 11.3 Å². The van der Waals surface area contributed by atoms with Gasteiger partial charge < -0.3 is 15.2 Å². The molecule has 3 rings (SSSR count). The van der Waals surface area contributed by atoms with Crippen molar-refractivity contribution in [3.05, 3.63) is 66.6 Å². The zero-order valence-electron chi connectivity index (χ0n) is 12.8. The first-order valence-corrected chi connectivity index (χ1v) is 7.27. The Labute approximate surface area is 134 Å². The van der Waals surface area contributed by atoms with Gasteiger partial charge in [0.2, 0.25) is 0 Å². The molecule has 7 nitrogen and oxygen atoms in total. The Hall–Kier alpha value is -3.09. The van der Waals surface area contributed by atoms with Crippen molar-refractivity contribution >= 4 is 6.03 Å². The summed E-state index contributed by atoms with van der Waals surface area (Å²) in [6.45, 7) is 0.926. The Balaban J connectivity index is 1.53. The Morgan fingerprint density at radius 2 is 2.04 bits per heavy atom. The summed E-state index contributed by atoms with van der Waals surface area (Å²) in [5.74, 6) is 0.769. The highest BCUT2D eigenvalue weighted by molar-refractivity contribution is 5.73. The fraction of sp³-hybridized carbons (Fsp3) is 0.188. The number of aryl methyl sites for hydroxylation is 1. The van der Waals surface area contributed by atoms with E-state index in [2.05, 4.69) is 20.6 Å². The minimum Gasteiger partial charge on any atom is -0.353 e. The van der Waals surface area contributed by atoms with Crippen LogP contribution in [0.15, 0.2) is 55.4 Å². The summed E-state index contributed by atoms with van der Waals surface area (Å²) in [6, 6.07) is 7.51. The highest BCUT2D eigenvalue weighted by Gasteiger charge is 2.04. The molecule has 0 saturated carbocycles. The molecule has 0 atom stereocenters. The number of hydrogen-bond donors (Lipinski definition) is 2. The largest absolute Gasteiger partial charge is 0.353 e. The van der Waals surface area contributed by atoms with E-state index >= 15 is 0 Å². The maximum atomic E-state index is 11.9. The van der Waals surface area contributed by atoms with Crippen molar-refractivity contribution in [2.75, 3.05) is 0 Å². The number of nitrogens with zero attached hydrogens (tertiary/aromatic N) is 4. The fourth-order valence-corrected chi connectivity index (χ4v) is 2.20. The average Bonchev–Trinajstić information content (AvgIpc) is 3.23. The van der Waals surface area contributed by atoms with Gasteiger partial charge in [0, 0.05) is 44.1 Å². The van der Waals surface area contributed by atoms with Crippen LogP contribution in [-0.2, 0) is 20.1 Å². The summed E-state index contributed by atoms with van der Waals surface area (Å²) in [6.07, 6.45) is 8.87. The van der Waals surface area contributed by atoms with Crippen LogP contribution in [0.25, 0.3) is 5.82 Å². The molecule has 0 aliphatic rings. The quantitative estimate of drug-likeness (QED) is 0.751. The first-order valence-electron chi connectivity index (χ1n) is 7.27. The summed E-state index contributed by atoms with van der Waals surface area (Å²) in [4.78, 5) is 20.2. The molecule has 0 saturated heterocycles. The van der Waals surface area contributed by atoms with Crippen LogP contribution >= 0.6 is 0 Å². The van der Waals surface area contributed by atoms with Gasteiger partial charge in [0.25, 0.3) is 0 Å². The second-order valence-corrected chi connectivity index (χ2v) is 5.14. The van der Waals surface area contributed by atoms with E-state index in [-0.39, 0.29) is 6.03 Å². The summed E-state index contributed by atoms with van der Waals surface area (Å²) < 4.78 is 3.79. The minimum absolute atomic E-state index is 0.202. The monoisotopic (exact) mass is 310 g/mol. The predicted molar refractivity (Wildman–Crippen MR) is 85.8 cm³/mol. The highest BCUT2D eigenvalue weighted by atomic mass is 16.2. The molecular formula is C16H18N6O. The Bertz CT molecular complexity index is 777. The lowest BCUT2D eigenvalue weighted by Crippen LogP contribution is -2.35. The SMILES string of the molecule is Cn1cccc1CNC(=O)NCc1ccnc(-n2ccnc2)c1. The molecule has 118 valence electrons. The number of carbonyl (C=O) groups is 1. The maximum absolute atomic E-state index is 11.9. The van der Waals surface area contributed by atoms with E-state index in [4.69, 9.17) is 0 Å². The normalized spacial score (nSPS) is 10.5. The van der Waals surface area contributed by atoms with Gasteiger partial charge in [-0.1, -0.05) is 0 Å². The van der Waals surface area contributed by atoms with Gasteiger partial charge in [0.05, 0.1) is 6.54 Å². The van der Waals surface area contributed by atoms with Gasteiger partial charge in [-0.05, 0) is 29.8 Å². The maximum Gasteiger partial charge on any atom is 0.315 e. The molecule has 0 aliphatic carbocycles. The lowest BCUT2D eigenvalue weighted by atomic mass is 10.2. The molecule has 0 aromatic carbocycles. The molecule has 0 bridgehead atoms. The van der Waals surface area contributed by atoms with Crippen LogP contribution in [0.3, 0.4) is 0 Å². The fourth-order valence-electron chi connectivity index (χ4n) is 2.20. The van der Waals surface area contributed by atoms with Crippen molar-refractivity contribution in [3.63, 3.8) is 0 Å². The van der Waals surface area contributed by atoms with Crippen LogP contribution < -0.4 is 10.6 Å². The highest BCUT2D eigenvalue weighted by Crippen LogP contribution is 2.06. The van der Waals surface area contributed by atoms with Gasteiger partial charge in [-0.25, -0.2) is 14.8 Å². The number of imidazole rings is 1. The number of amides is 2. The van der Waals surface area contributed by atoms with Crippen molar-refractivity contribution in [2.24, 2.45) is 7.05 Å². The molecule has 7 heteroatoms. The number of carbonyl (C=O) groups excluding carboxylic acids is 1. The Kier molecular flexibility index (Phi) is 4.37. The lowest BCUT2D eigenvalue weighted by molar-refractivity contribution is 0.240. The standard InChI is InChI=1S/C16H18N6O/c1-21-7-2-3-14(21)11-20-16(23)19-10-13-4-5-18-15(9-13)22-8-6-17-12-22/h2-9,12H,10-11H2,1H3,(H2,19,20,23). The van der Waals surface area contributed by atoms with Gasteiger partial charge in [0.15, 0.2) is 0 Å². The average molecular weight is 310 g/mol. The molecule has 0 aliphatic heterocycles. The van der Waals surface area contributed by atoms with Crippen LogP contribution in [0.2, 0.25) is 0 Å². The van der Waals surface area contributed by atoms with Gasteiger partial charge in [-0.2, -0.15) is 0 Å². The molecule has 2 N–H and O–H groups in total. The third kappa shape index (κ3) is 3.76. The molecule has 0 unspecified atom stereocenters. The minimum atomic E-state index is -0.202. The summed E-state index contributed by atoms with van der Waals surface area (Å²) in [5, 5.41) is 5.68. The molecule has 2 amide bonds. The molecule has 0 spiro atoms. The van der Waals surface area contributed by atoms with Gasteiger partial charge in [-0.15, -0.1) is 0 Å².